The van der Waals surface area contributed by atoms with Crippen LogP contribution < -0.4 is 10.1 Å². The summed E-state index contributed by atoms with van der Waals surface area (Å²) in [7, 11) is 1.95. The van der Waals surface area contributed by atoms with Crippen LogP contribution in [0.5, 0.6) is 5.75 Å². The number of nitrogens with one attached hydrogen (secondary N) is 1. The SMILES string of the molecule is CN(CC(=O)NCCOc1ccc(C(C)(C)C)cc1)Cc1cccs1. The molecule has 0 saturated heterocycles. The molecule has 1 aromatic carbocycles. The second kappa shape index (κ2) is 9.02. The number of ether oxygens (including phenoxy) is 1. The van der Waals surface area contributed by atoms with Crippen molar-refractivity contribution in [3.8, 4) is 5.75 Å². The Bertz CT molecular complexity index is 645. The zero-order chi connectivity index (χ0) is 18.3. The lowest BCUT2D eigenvalue weighted by Gasteiger charge is -2.19. The normalized spacial score (nSPS) is 11.6. The van der Waals surface area contributed by atoms with E-state index < -0.39 is 0 Å². The van der Waals surface area contributed by atoms with Gasteiger partial charge in [-0.1, -0.05) is 39.0 Å². The molecule has 0 aliphatic heterocycles. The first-order chi connectivity index (χ1) is 11.8. The number of carbonyl (C=O) groups is 1. The minimum absolute atomic E-state index is 0.0192. The van der Waals surface area contributed by atoms with Gasteiger partial charge in [0.15, 0.2) is 0 Å². The molecule has 2 aromatic rings. The maximum absolute atomic E-state index is 11.9. The fourth-order valence-electron chi connectivity index (χ4n) is 2.44. The lowest BCUT2D eigenvalue weighted by molar-refractivity contribution is -0.122. The molecule has 0 bridgehead atoms. The highest BCUT2D eigenvalue weighted by molar-refractivity contribution is 7.09. The van der Waals surface area contributed by atoms with Crippen molar-refractivity contribution in [3.63, 3.8) is 0 Å². The van der Waals surface area contributed by atoms with Gasteiger partial charge in [0.05, 0.1) is 13.1 Å². The van der Waals surface area contributed by atoms with Gasteiger partial charge in [-0.05, 0) is 41.6 Å². The van der Waals surface area contributed by atoms with Crippen molar-refractivity contribution in [3.05, 3.63) is 52.2 Å². The molecule has 4 nitrogen and oxygen atoms in total. The molecule has 1 N–H and O–H groups in total. The number of benzene rings is 1. The highest BCUT2D eigenvalue weighted by atomic mass is 32.1. The van der Waals surface area contributed by atoms with Gasteiger partial charge in [-0.15, -0.1) is 11.3 Å². The van der Waals surface area contributed by atoms with Crippen molar-refractivity contribution in [1.29, 1.82) is 0 Å². The quantitative estimate of drug-likeness (QED) is 0.730. The molecular weight excluding hydrogens is 332 g/mol. The van der Waals surface area contributed by atoms with Crippen LogP contribution in [-0.4, -0.2) is 37.6 Å². The molecular formula is C20H28N2O2S. The van der Waals surface area contributed by atoms with Crippen LogP contribution in [0.1, 0.15) is 31.2 Å². The molecule has 0 radical (unpaired) electrons. The van der Waals surface area contributed by atoms with Crippen molar-refractivity contribution in [2.75, 3.05) is 26.7 Å². The molecule has 25 heavy (non-hydrogen) atoms. The molecule has 1 aromatic heterocycles. The van der Waals surface area contributed by atoms with Crippen LogP contribution in [0.3, 0.4) is 0 Å². The van der Waals surface area contributed by atoms with E-state index in [1.54, 1.807) is 11.3 Å². The van der Waals surface area contributed by atoms with E-state index in [0.29, 0.717) is 19.7 Å². The zero-order valence-corrected chi connectivity index (χ0v) is 16.4. The van der Waals surface area contributed by atoms with Gasteiger partial charge in [0, 0.05) is 11.4 Å². The van der Waals surface area contributed by atoms with Crippen LogP contribution in [0.25, 0.3) is 0 Å². The number of likely N-dealkylation sites (N-methyl/N-ethyl adjacent to an activating group) is 1. The number of nitrogens with zero attached hydrogens (tertiary/aromatic N) is 1. The molecule has 0 aliphatic rings. The topological polar surface area (TPSA) is 41.6 Å². The average molecular weight is 361 g/mol. The van der Waals surface area contributed by atoms with Crippen LogP contribution in [-0.2, 0) is 16.8 Å². The first-order valence-corrected chi connectivity index (χ1v) is 9.43. The molecule has 0 fully saturated rings. The van der Waals surface area contributed by atoms with E-state index in [-0.39, 0.29) is 11.3 Å². The summed E-state index contributed by atoms with van der Waals surface area (Å²) in [6, 6.07) is 12.3. The summed E-state index contributed by atoms with van der Waals surface area (Å²) in [5.41, 5.74) is 1.42. The Morgan fingerprint density at radius 1 is 1.20 bits per heavy atom. The fraction of sp³-hybridized carbons (Fsp3) is 0.450. The molecule has 0 spiro atoms. The Hall–Kier alpha value is -1.85. The van der Waals surface area contributed by atoms with E-state index in [2.05, 4.69) is 49.7 Å². The minimum Gasteiger partial charge on any atom is -0.492 e. The van der Waals surface area contributed by atoms with E-state index in [1.807, 2.05) is 30.1 Å². The van der Waals surface area contributed by atoms with E-state index in [1.165, 1.54) is 10.4 Å². The highest BCUT2D eigenvalue weighted by Gasteiger charge is 2.13. The Morgan fingerprint density at radius 3 is 2.52 bits per heavy atom. The van der Waals surface area contributed by atoms with Gasteiger partial charge < -0.3 is 10.1 Å². The average Bonchev–Trinajstić information content (AvgIpc) is 3.04. The summed E-state index contributed by atoms with van der Waals surface area (Å²) in [5, 5.41) is 4.95. The Labute approximate surface area is 154 Å². The maximum atomic E-state index is 11.9. The predicted molar refractivity (Wildman–Crippen MR) is 104 cm³/mol. The van der Waals surface area contributed by atoms with Crippen LogP contribution >= 0.6 is 11.3 Å². The van der Waals surface area contributed by atoms with E-state index >= 15 is 0 Å². The van der Waals surface area contributed by atoms with Gasteiger partial charge in [-0.3, -0.25) is 9.69 Å². The highest BCUT2D eigenvalue weighted by Crippen LogP contribution is 2.24. The van der Waals surface area contributed by atoms with Crippen molar-refractivity contribution in [2.45, 2.75) is 32.7 Å². The molecule has 0 aliphatic carbocycles. The Kier molecular flexibility index (Phi) is 7.02. The summed E-state index contributed by atoms with van der Waals surface area (Å²) in [6.45, 7) is 8.72. The Balaban J connectivity index is 1.64. The van der Waals surface area contributed by atoms with Gasteiger partial charge in [0.1, 0.15) is 12.4 Å². The largest absolute Gasteiger partial charge is 0.492 e. The fourth-order valence-corrected chi connectivity index (χ4v) is 3.22. The number of hydrogen-bond donors (Lipinski definition) is 1. The second-order valence-corrected chi connectivity index (χ2v) is 8.26. The van der Waals surface area contributed by atoms with Crippen molar-refractivity contribution in [2.24, 2.45) is 0 Å². The van der Waals surface area contributed by atoms with Crippen LogP contribution in [0, 0.1) is 0 Å². The lowest BCUT2D eigenvalue weighted by atomic mass is 9.87. The molecule has 1 amide bonds. The molecule has 0 unspecified atom stereocenters. The molecule has 2 rings (SSSR count). The zero-order valence-electron chi connectivity index (χ0n) is 15.5. The van der Waals surface area contributed by atoms with Gasteiger partial charge in [0.2, 0.25) is 5.91 Å². The Morgan fingerprint density at radius 2 is 1.92 bits per heavy atom. The molecule has 1 heterocycles. The van der Waals surface area contributed by atoms with E-state index in [0.717, 1.165) is 12.3 Å². The molecule has 136 valence electrons. The first-order valence-electron chi connectivity index (χ1n) is 8.55. The van der Waals surface area contributed by atoms with Crippen LogP contribution in [0.2, 0.25) is 0 Å². The molecule has 5 heteroatoms. The summed E-state index contributed by atoms with van der Waals surface area (Å²) < 4.78 is 5.69. The van der Waals surface area contributed by atoms with Gasteiger partial charge in [0.25, 0.3) is 0 Å². The first kappa shape index (κ1) is 19.5. The molecule has 0 saturated carbocycles. The summed E-state index contributed by atoms with van der Waals surface area (Å²) >= 11 is 1.71. The minimum atomic E-state index is 0.0192. The van der Waals surface area contributed by atoms with Gasteiger partial charge in [-0.2, -0.15) is 0 Å². The van der Waals surface area contributed by atoms with E-state index in [4.69, 9.17) is 4.74 Å². The summed E-state index contributed by atoms with van der Waals surface area (Å²) in [6.07, 6.45) is 0. The monoisotopic (exact) mass is 360 g/mol. The van der Waals surface area contributed by atoms with Crippen molar-refractivity contribution < 1.29 is 9.53 Å². The van der Waals surface area contributed by atoms with Gasteiger partial charge >= 0.3 is 0 Å². The molecule has 0 atom stereocenters. The third-order valence-corrected chi connectivity index (χ3v) is 4.69. The van der Waals surface area contributed by atoms with E-state index in [9.17, 15) is 4.79 Å². The maximum Gasteiger partial charge on any atom is 0.234 e. The van der Waals surface area contributed by atoms with Gasteiger partial charge in [-0.25, -0.2) is 0 Å². The van der Waals surface area contributed by atoms with Crippen LogP contribution in [0.4, 0.5) is 0 Å². The number of carbonyl (C=O) groups excluding carboxylic acids is 1. The predicted octanol–water partition coefficient (Wildman–Crippen LogP) is 3.67. The van der Waals surface area contributed by atoms with Crippen molar-refractivity contribution in [1.82, 2.24) is 10.2 Å². The standard InChI is InChI=1S/C20H28N2O2S/c1-20(2,3)16-7-9-17(10-8-16)24-12-11-21-19(23)15-22(4)14-18-6-5-13-25-18/h5-10,13H,11-12,14-15H2,1-4H3,(H,21,23). The van der Waals surface area contributed by atoms with Crippen molar-refractivity contribution >= 4 is 17.2 Å². The summed E-state index contributed by atoms with van der Waals surface area (Å²) in [4.78, 5) is 15.2. The van der Waals surface area contributed by atoms with Crippen LogP contribution in [0.15, 0.2) is 41.8 Å². The third kappa shape index (κ3) is 6.88. The number of hydrogen-bond acceptors (Lipinski definition) is 4. The second-order valence-electron chi connectivity index (χ2n) is 7.22. The lowest BCUT2D eigenvalue weighted by Crippen LogP contribution is -2.36. The summed E-state index contributed by atoms with van der Waals surface area (Å²) in [5.74, 6) is 0.850. The number of rotatable bonds is 8. The third-order valence-electron chi connectivity index (χ3n) is 3.83. The smallest absolute Gasteiger partial charge is 0.234 e. The number of amides is 1. The number of thiophene rings is 1.